The second-order valence-electron chi connectivity index (χ2n) is 11.9. The fourth-order valence-electron chi connectivity index (χ4n) is 5.97. The quantitative estimate of drug-likeness (QED) is 0.213. The van der Waals surface area contributed by atoms with Gasteiger partial charge in [0.2, 0.25) is 5.91 Å². The Hall–Kier alpha value is -4.95. The minimum atomic E-state index is -5.31. The van der Waals surface area contributed by atoms with E-state index in [-0.39, 0.29) is 29.4 Å². The smallest absolute Gasteiger partial charge is 0.471 e. The lowest BCUT2D eigenvalue weighted by atomic mass is 10.0. The predicted octanol–water partition coefficient (Wildman–Crippen LogP) is 6.13. The highest BCUT2D eigenvalue weighted by Gasteiger charge is 2.49. The Morgan fingerprint density at radius 2 is 1.70 bits per heavy atom. The Kier molecular flexibility index (Phi) is 10.8. The fourth-order valence-corrected chi connectivity index (χ4v) is 6.35. The standard InChI is InChI=1S/C36H35BrF3N5O5/c1-21(41-3)18-45(35(49)36(38,39)40)31-20-44(33(47)23-9-13-26(14-10-23)42-22(2)46)30-8-6-5-7-29(30)43(34(31)48)19-28-27-15-12-25(37)17-24(27)11-16-32(28)50-4/h5-17,21,31,41H,18-20H2,1-4H3,(H,42,46)/t21-,31-/m0/s1. The van der Waals surface area contributed by atoms with Gasteiger partial charge >= 0.3 is 12.1 Å². The molecule has 10 nitrogen and oxygen atoms in total. The van der Waals surface area contributed by atoms with Crippen LogP contribution in [-0.2, 0) is 20.9 Å². The first-order valence-electron chi connectivity index (χ1n) is 15.6. The summed E-state index contributed by atoms with van der Waals surface area (Å²) < 4.78 is 49.2. The number of hydrogen-bond acceptors (Lipinski definition) is 6. The van der Waals surface area contributed by atoms with Crippen LogP contribution in [0, 0.1) is 0 Å². The Morgan fingerprint density at radius 3 is 2.32 bits per heavy atom. The van der Waals surface area contributed by atoms with Crippen LogP contribution in [0.1, 0.15) is 29.8 Å². The molecule has 1 aliphatic heterocycles. The zero-order chi connectivity index (χ0) is 36.3. The van der Waals surface area contributed by atoms with Crippen LogP contribution in [0.2, 0.25) is 0 Å². The third kappa shape index (κ3) is 7.60. The number of nitrogens with one attached hydrogen (secondary N) is 2. The molecule has 4 aromatic rings. The van der Waals surface area contributed by atoms with Gasteiger partial charge in [0.1, 0.15) is 11.8 Å². The van der Waals surface area contributed by atoms with E-state index in [0.29, 0.717) is 21.9 Å². The van der Waals surface area contributed by atoms with E-state index in [1.54, 1.807) is 37.3 Å². The van der Waals surface area contributed by atoms with Crippen molar-refractivity contribution in [2.75, 3.05) is 42.4 Å². The molecule has 0 unspecified atom stereocenters. The summed E-state index contributed by atoms with van der Waals surface area (Å²) in [6.45, 7) is 1.72. The Bertz CT molecular complexity index is 1940. The molecule has 1 heterocycles. The SMILES string of the molecule is CN[C@@H](C)CN(C(=O)C(F)(F)F)[C@H]1CN(C(=O)c2ccc(NC(C)=O)cc2)c2ccccc2N(Cc2c(OC)ccc3cc(Br)ccc23)C1=O. The minimum absolute atomic E-state index is 0.146. The zero-order valence-electron chi connectivity index (χ0n) is 27.7. The van der Waals surface area contributed by atoms with Crippen molar-refractivity contribution in [2.24, 2.45) is 0 Å². The molecule has 262 valence electrons. The van der Waals surface area contributed by atoms with E-state index in [2.05, 4.69) is 26.6 Å². The number of hydrogen-bond donors (Lipinski definition) is 2. The van der Waals surface area contributed by atoms with E-state index >= 15 is 0 Å². The van der Waals surface area contributed by atoms with E-state index in [1.165, 1.54) is 55.1 Å². The van der Waals surface area contributed by atoms with Crippen LogP contribution in [0.5, 0.6) is 5.75 Å². The van der Waals surface area contributed by atoms with E-state index in [4.69, 9.17) is 4.74 Å². The Labute approximate surface area is 295 Å². The summed E-state index contributed by atoms with van der Waals surface area (Å²) in [7, 11) is 3.01. The molecular formula is C36H35BrF3N5O5. The number of amides is 4. The molecule has 4 amide bonds. The number of carbonyl (C=O) groups excluding carboxylic acids is 4. The minimum Gasteiger partial charge on any atom is -0.496 e. The number of para-hydroxylation sites is 2. The van der Waals surface area contributed by atoms with Crippen LogP contribution in [0.3, 0.4) is 0 Å². The highest BCUT2D eigenvalue weighted by molar-refractivity contribution is 9.10. The number of benzene rings is 4. The molecule has 0 saturated carbocycles. The fraction of sp³-hybridized carbons (Fsp3) is 0.278. The van der Waals surface area contributed by atoms with Gasteiger partial charge in [-0.1, -0.05) is 40.2 Å². The maximum atomic E-state index is 14.8. The normalized spacial score (nSPS) is 15.3. The molecule has 0 radical (unpaired) electrons. The first-order chi connectivity index (χ1) is 23.7. The highest BCUT2D eigenvalue weighted by atomic mass is 79.9. The van der Waals surface area contributed by atoms with Crippen molar-refractivity contribution >= 4 is 67.4 Å². The van der Waals surface area contributed by atoms with Crippen LogP contribution in [0.4, 0.5) is 30.2 Å². The monoisotopic (exact) mass is 753 g/mol. The van der Waals surface area contributed by atoms with E-state index in [1.807, 2.05) is 24.3 Å². The molecule has 5 rings (SSSR count). The number of ether oxygens (including phenoxy) is 1. The largest absolute Gasteiger partial charge is 0.496 e. The average Bonchev–Trinajstić information content (AvgIpc) is 3.20. The second kappa shape index (κ2) is 14.9. The van der Waals surface area contributed by atoms with Crippen molar-refractivity contribution in [2.45, 2.75) is 38.7 Å². The molecule has 0 saturated heterocycles. The number of rotatable bonds is 9. The summed E-state index contributed by atoms with van der Waals surface area (Å²) in [5, 5.41) is 7.02. The molecule has 14 heteroatoms. The molecule has 0 bridgehead atoms. The first kappa shape index (κ1) is 36.3. The van der Waals surface area contributed by atoms with Crippen LogP contribution in [-0.4, -0.2) is 74.0 Å². The molecule has 0 fully saturated rings. The lowest BCUT2D eigenvalue weighted by Gasteiger charge is -2.36. The number of nitrogens with zero attached hydrogens (tertiary/aromatic N) is 3. The number of carbonyl (C=O) groups is 4. The van der Waals surface area contributed by atoms with Crippen molar-refractivity contribution in [3.63, 3.8) is 0 Å². The van der Waals surface area contributed by atoms with Gasteiger partial charge in [-0.3, -0.25) is 19.2 Å². The van der Waals surface area contributed by atoms with Crippen LogP contribution in [0.15, 0.2) is 83.3 Å². The highest BCUT2D eigenvalue weighted by Crippen LogP contribution is 2.39. The van der Waals surface area contributed by atoms with Crippen molar-refractivity contribution in [3.05, 3.63) is 94.5 Å². The predicted molar refractivity (Wildman–Crippen MR) is 188 cm³/mol. The zero-order valence-corrected chi connectivity index (χ0v) is 29.3. The number of methoxy groups -OCH3 is 1. The molecular weight excluding hydrogens is 719 g/mol. The summed E-state index contributed by atoms with van der Waals surface area (Å²) >= 11 is 3.48. The molecule has 2 atom stereocenters. The van der Waals surface area contributed by atoms with Gasteiger partial charge in [-0.15, -0.1) is 0 Å². The van der Waals surface area contributed by atoms with Gasteiger partial charge in [-0.05, 0) is 79.3 Å². The number of fused-ring (bicyclic) bond motifs is 2. The lowest BCUT2D eigenvalue weighted by Crippen LogP contribution is -2.59. The third-order valence-electron chi connectivity index (χ3n) is 8.50. The average molecular weight is 755 g/mol. The lowest BCUT2D eigenvalue weighted by molar-refractivity contribution is -0.188. The molecule has 1 aliphatic rings. The van der Waals surface area contributed by atoms with Gasteiger partial charge in [0.25, 0.3) is 11.8 Å². The second-order valence-corrected chi connectivity index (χ2v) is 12.8. The molecule has 0 aliphatic carbocycles. The summed E-state index contributed by atoms with van der Waals surface area (Å²) in [6.07, 6.45) is -5.31. The number of anilines is 3. The van der Waals surface area contributed by atoms with Crippen LogP contribution < -0.4 is 25.2 Å². The summed E-state index contributed by atoms with van der Waals surface area (Å²) in [5.41, 5.74) is 1.66. The molecule has 0 spiro atoms. The number of likely N-dealkylation sites (N-methyl/N-ethyl adjacent to an activating group) is 1. The topological polar surface area (TPSA) is 111 Å². The third-order valence-corrected chi connectivity index (χ3v) is 8.99. The van der Waals surface area contributed by atoms with Gasteiger partial charge < -0.3 is 30.1 Å². The van der Waals surface area contributed by atoms with Gasteiger partial charge in [0.15, 0.2) is 0 Å². The van der Waals surface area contributed by atoms with E-state index in [9.17, 15) is 32.3 Å². The summed E-state index contributed by atoms with van der Waals surface area (Å²) in [6, 6.07) is 19.3. The maximum absolute atomic E-state index is 14.8. The Morgan fingerprint density at radius 1 is 1.02 bits per heavy atom. The first-order valence-corrected chi connectivity index (χ1v) is 16.4. The summed E-state index contributed by atoms with van der Waals surface area (Å²) in [5.74, 6) is -3.52. The maximum Gasteiger partial charge on any atom is 0.471 e. The Balaban J connectivity index is 1.71. The van der Waals surface area contributed by atoms with Crippen molar-refractivity contribution < 1.29 is 37.1 Å². The van der Waals surface area contributed by atoms with E-state index in [0.717, 1.165) is 15.2 Å². The van der Waals surface area contributed by atoms with Gasteiger partial charge in [-0.25, -0.2) is 0 Å². The van der Waals surface area contributed by atoms with Crippen molar-refractivity contribution in [1.82, 2.24) is 10.2 Å². The van der Waals surface area contributed by atoms with Crippen molar-refractivity contribution in [1.29, 1.82) is 0 Å². The number of alkyl halides is 3. The van der Waals surface area contributed by atoms with E-state index < -0.39 is 49.1 Å². The van der Waals surface area contributed by atoms with Gasteiger partial charge in [-0.2, -0.15) is 13.2 Å². The molecule has 4 aromatic carbocycles. The molecule has 2 N–H and O–H groups in total. The van der Waals surface area contributed by atoms with Gasteiger partial charge in [0.05, 0.1) is 31.6 Å². The van der Waals surface area contributed by atoms with Crippen molar-refractivity contribution in [3.8, 4) is 5.75 Å². The number of halogens is 4. The molecule has 50 heavy (non-hydrogen) atoms. The van der Waals surface area contributed by atoms with Gasteiger partial charge in [0, 0.05) is 40.8 Å². The van der Waals surface area contributed by atoms with Crippen LogP contribution in [0.25, 0.3) is 10.8 Å². The van der Waals surface area contributed by atoms with Crippen LogP contribution >= 0.6 is 15.9 Å². The molecule has 0 aromatic heterocycles. The summed E-state index contributed by atoms with van der Waals surface area (Å²) in [4.78, 5) is 56.8.